The lowest BCUT2D eigenvalue weighted by molar-refractivity contribution is 0.101. The highest BCUT2D eigenvalue weighted by molar-refractivity contribution is 6.32. The second kappa shape index (κ2) is 9.77. The van der Waals surface area contributed by atoms with E-state index in [0.717, 1.165) is 47.7 Å². The third-order valence-corrected chi connectivity index (χ3v) is 6.52. The zero-order valence-electron chi connectivity index (χ0n) is 18.9. The fraction of sp³-hybridized carbons (Fsp3) is 0.320. The number of carboxylic acid groups (broad SMARTS) is 1. The first-order chi connectivity index (χ1) is 16.3. The van der Waals surface area contributed by atoms with Crippen molar-refractivity contribution in [1.29, 1.82) is 0 Å². The molecule has 0 radical (unpaired) electrons. The number of methoxy groups -OCH3 is 1. The zero-order chi connectivity index (χ0) is 24.4. The number of phenols is 1. The van der Waals surface area contributed by atoms with Gasteiger partial charge in [-0.25, -0.2) is 4.79 Å². The van der Waals surface area contributed by atoms with E-state index in [-0.39, 0.29) is 34.4 Å². The Hall–Kier alpha value is -3.52. The van der Waals surface area contributed by atoms with E-state index in [1.165, 1.54) is 14.0 Å². The third kappa shape index (κ3) is 4.87. The van der Waals surface area contributed by atoms with Crippen molar-refractivity contribution in [2.45, 2.75) is 44.7 Å². The molecular formula is C25H26ClN3O5. The Morgan fingerprint density at radius 1 is 1.09 bits per heavy atom. The number of aromatic nitrogens is 1. The molecule has 0 aliphatic heterocycles. The monoisotopic (exact) mass is 483 g/mol. The van der Waals surface area contributed by atoms with Gasteiger partial charge in [0.2, 0.25) is 0 Å². The molecule has 0 spiro atoms. The predicted molar refractivity (Wildman–Crippen MR) is 131 cm³/mol. The van der Waals surface area contributed by atoms with Crippen molar-refractivity contribution in [1.82, 2.24) is 10.3 Å². The molecule has 1 saturated carbocycles. The van der Waals surface area contributed by atoms with E-state index in [1.807, 2.05) is 18.2 Å². The number of nitrogens with zero attached hydrogens (tertiary/aromatic N) is 1. The zero-order valence-corrected chi connectivity index (χ0v) is 19.6. The van der Waals surface area contributed by atoms with Gasteiger partial charge in [-0.15, -0.1) is 0 Å². The lowest BCUT2D eigenvalue weighted by Crippen LogP contribution is -2.39. The van der Waals surface area contributed by atoms with E-state index in [0.29, 0.717) is 11.3 Å². The maximum Gasteiger partial charge on any atom is 0.404 e. The smallest absolute Gasteiger partial charge is 0.404 e. The summed E-state index contributed by atoms with van der Waals surface area (Å²) in [5.74, 6) is 0.0470. The van der Waals surface area contributed by atoms with Gasteiger partial charge in [-0.1, -0.05) is 17.7 Å². The Balaban J connectivity index is 1.72. The molecule has 1 aliphatic carbocycles. The molecule has 0 bridgehead atoms. The standard InChI is InChI=1S/C25H26ClN3O5/c1-13(30)19-12-27-21-8-3-14(15-10-20(26)24(31)22(11-15)34-2)9-18(21)23(19)28-16-4-6-17(7-5-16)29-25(32)33/h3,8-12,16-17,29,31H,4-7H2,1-2H3,(H,27,28)(H,32,33). The molecule has 8 nitrogen and oxygen atoms in total. The number of pyridine rings is 1. The number of ether oxygens (including phenoxy) is 1. The average molecular weight is 484 g/mol. The van der Waals surface area contributed by atoms with Gasteiger partial charge in [0.1, 0.15) is 0 Å². The Kier molecular flexibility index (Phi) is 6.79. The molecule has 3 aromatic rings. The minimum absolute atomic E-state index is 0.0576. The number of fused-ring (bicyclic) bond motifs is 1. The largest absolute Gasteiger partial charge is 0.503 e. The van der Waals surface area contributed by atoms with E-state index in [9.17, 15) is 14.7 Å². The molecule has 0 atom stereocenters. The van der Waals surface area contributed by atoms with Gasteiger partial charge in [-0.05, 0) is 68.0 Å². The van der Waals surface area contributed by atoms with Gasteiger partial charge in [-0.2, -0.15) is 0 Å². The molecule has 1 heterocycles. The molecule has 0 unspecified atom stereocenters. The molecule has 1 aliphatic rings. The number of hydrogen-bond acceptors (Lipinski definition) is 6. The van der Waals surface area contributed by atoms with Gasteiger partial charge in [-0.3, -0.25) is 9.78 Å². The van der Waals surface area contributed by atoms with E-state index in [1.54, 1.807) is 18.3 Å². The summed E-state index contributed by atoms with van der Waals surface area (Å²) in [7, 11) is 1.46. The number of ketones is 1. The second-order valence-corrected chi connectivity index (χ2v) is 8.89. The fourth-order valence-corrected chi connectivity index (χ4v) is 4.66. The normalized spacial score (nSPS) is 17.9. The maximum absolute atomic E-state index is 12.4. The average Bonchev–Trinajstić information content (AvgIpc) is 2.81. The van der Waals surface area contributed by atoms with Gasteiger partial charge in [0.25, 0.3) is 0 Å². The molecule has 1 amide bonds. The van der Waals surface area contributed by atoms with Crippen LogP contribution >= 0.6 is 11.6 Å². The number of halogens is 1. The van der Waals surface area contributed by atoms with Crippen LogP contribution in [0.3, 0.4) is 0 Å². The first kappa shape index (κ1) is 23.6. The minimum Gasteiger partial charge on any atom is -0.503 e. The second-order valence-electron chi connectivity index (χ2n) is 8.49. The van der Waals surface area contributed by atoms with Crippen LogP contribution < -0.4 is 15.4 Å². The van der Waals surface area contributed by atoms with E-state index >= 15 is 0 Å². The number of amides is 1. The Bertz CT molecular complexity index is 1260. The van der Waals surface area contributed by atoms with Crippen LogP contribution in [-0.2, 0) is 0 Å². The van der Waals surface area contributed by atoms with Gasteiger partial charge in [0.15, 0.2) is 17.3 Å². The summed E-state index contributed by atoms with van der Waals surface area (Å²) in [4.78, 5) is 27.8. The highest BCUT2D eigenvalue weighted by Gasteiger charge is 2.24. The summed E-state index contributed by atoms with van der Waals surface area (Å²) in [6, 6.07) is 9.12. The number of rotatable bonds is 6. The van der Waals surface area contributed by atoms with E-state index in [4.69, 9.17) is 21.4 Å². The van der Waals surface area contributed by atoms with Crippen molar-refractivity contribution >= 4 is 40.1 Å². The minimum atomic E-state index is -1.01. The number of aromatic hydroxyl groups is 1. The summed E-state index contributed by atoms with van der Waals surface area (Å²) >= 11 is 6.19. The summed E-state index contributed by atoms with van der Waals surface area (Å²) < 4.78 is 5.24. The summed E-state index contributed by atoms with van der Waals surface area (Å²) in [5, 5.41) is 26.1. The van der Waals surface area contributed by atoms with Crippen LogP contribution in [0.15, 0.2) is 36.5 Å². The van der Waals surface area contributed by atoms with Crippen molar-refractivity contribution in [3.05, 3.63) is 47.1 Å². The molecule has 9 heteroatoms. The first-order valence-electron chi connectivity index (χ1n) is 11.0. The number of Topliss-reactive ketones (excluding diaryl/α,β-unsaturated/α-hetero) is 1. The summed E-state index contributed by atoms with van der Waals surface area (Å²) in [6.45, 7) is 1.51. The van der Waals surface area contributed by atoms with Crippen LogP contribution in [0, 0.1) is 0 Å². The Labute approximate surface area is 201 Å². The molecule has 34 heavy (non-hydrogen) atoms. The molecule has 1 fully saturated rings. The van der Waals surface area contributed by atoms with Crippen LogP contribution in [0.1, 0.15) is 43.0 Å². The SMILES string of the molecule is COc1cc(-c2ccc3ncc(C(C)=O)c(NC4CCC(NC(=O)O)CC4)c3c2)cc(Cl)c1O. The van der Waals surface area contributed by atoms with E-state index < -0.39 is 6.09 Å². The molecule has 0 saturated heterocycles. The fourth-order valence-electron chi connectivity index (χ4n) is 4.45. The number of carbonyl (C=O) groups is 2. The summed E-state index contributed by atoms with van der Waals surface area (Å²) in [5.41, 5.74) is 3.52. The highest BCUT2D eigenvalue weighted by atomic mass is 35.5. The van der Waals surface area contributed by atoms with Crippen LogP contribution in [0.2, 0.25) is 5.02 Å². The van der Waals surface area contributed by atoms with Crippen molar-refractivity contribution in [3.8, 4) is 22.6 Å². The Morgan fingerprint density at radius 2 is 1.79 bits per heavy atom. The van der Waals surface area contributed by atoms with Crippen molar-refractivity contribution in [2.24, 2.45) is 0 Å². The number of nitrogens with one attached hydrogen (secondary N) is 2. The van der Waals surface area contributed by atoms with Gasteiger partial charge in [0.05, 0.1) is 28.9 Å². The first-order valence-corrected chi connectivity index (χ1v) is 11.4. The number of phenolic OH excluding ortho intramolecular Hbond substituents is 1. The molecule has 2 aromatic carbocycles. The quantitative estimate of drug-likeness (QED) is 0.343. The third-order valence-electron chi connectivity index (χ3n) is 6.23. The van der Waals surface area contributed by atoms with Crippen LogP contribution in [0.25, 0.3) is 22.0 Å². The van der Waals surface area contributed by atoms with E-state index in [2.05, 4.69) is 15.6 Å². The lowest BCUT2D eigenvalue weighted by atomic mass is 9.90. The van der Waals surface area contributed by atoms with Crippen molar-refractivity contribution in [3.63, 3.8) is 0 Å². The highest BCUT2D eigenvalue weighted by Crippen LogP contribution is 2.40. The van der Waals surface area contributed by atoms with Gasteiger partial charge in [0, 0.05) is 23.7 Å². The molecule has 1 aromatic heterocycles. The van der Waals surface area contributed by atoms with Crippen LogP contribution in [0.4, 0.5) is 10.5 Å². The molecule has 4 rings (SSSR count). The van der Waals surface area contributed by atoms with Crippen LogP contribution in [0.5, 0.6) is 11.5 Å². The van der Waals surface area contributed by atoms with Crippen molar-refractivity contribution in [2.75, 3.05) is 12.4 Å². The predicted octanol–water partition coefficient (Wildman–Crippen LogP) is 5.46. The lowest BCUT2D eigenvalue weighted by Gasteiger charge is -2.30. The maximum atomic E-state index is 12.4. The molecule has 178 valence electrons. The van der Waals surface area contributed by atoms with Crippen LogP contribution in [-0.4, -0.2) is 46.3 Å². The number of hydrogen-bond donors (Lipinski definition) is 4. The van der Waals surface area contributed by atoms with Gasteiger partial charge < -0.3 is 25.6 Å². The molecular weight excluding hydrogens is 458 g/mol. The number of anilines is 1. The number of benzene rings is 2. The Morgan fingerprint density at radius 3 is 2.44 bits per heavy atom. The molecule has 4 N–H and O–H groups in total. The van der Waals surface area contributed by atoms with Crippen molar-refractivity contribution < 1.29 is 24.5 Å². The van der Waals surface area contributed by atoms with Gasteiger partial charge >= 0.3 is 6.09 Å². The number of carbonyl (C=O) groups excluding carboxylic acids is 1. The topological polar surface area (TPSA) is 121 Å². The summed E-state index contributed by atoms with van der Waals surface area (Å²) in [6.07, 6.45) is 3.57.